The average molecular weight is 479 g/mol. The lowest BCUT2D eigenvalue weighted by atomic mass is 10.1. The van der Waals surface area contributed by atoms with E-state index in [4.69, 9.17) is 4.74 Å². The van der Waals surface area contributed by atoms with Gasteiger partial charge in [0, 0.05) is 37.0 Å². The lowest BCUT2D eigenvalue weighted by Gasteiger charge is -2.40. The topological polar surface area (TPSA) is 74.7 Å². The summed E-state index contributed by atoms with van der Waals surface area (Å²) in [6.45, 7) is 9.38. The van der Waals surface area contributed by atoms with Gasteiger partial charge in [-0.05, 0) is 18.6 Å². The summed E-state index contributed by atoms with van der Waals surface area (Å²) < 4.78 is 44.2. The second-order valence-corrected chi connectivity index (χ2v) is 8.25. The molecule has 0 unspecified atom stereocenters. The first-order valence-electron chi connectivity index (χ1n) is 11.7. The minimum absolute atomic E-state index is 0.340. The number of alkyl halides is 3. The predicted octanol–water partition coefficient (Wildman–Crippen LogP) is 4.03. The van der Waals surface area contributed by atoms with E-state index in [0.29, 0.717) is 31.9 Å². The van der Waals surface area contributed by atoms with Gasteiger partial charge in [-0.2, -0.15) is 13.2 Å². The number of amides is 1. The molecule has 34 heavy (non-hydrogen) atoms. The Morgan fingerprint density at radius 3 is 2.50 bits per heavy atom. The van der Waals surface area contributed by atoms with Crippen molar-refractivity contribution in [1.29, 1.82) is 0 Å². The maximum atomic E-state index is 12.9. The molecule has 0 bridgehead atoms. The first-order valence-corrected chi connectivity index (χ1v) is 11.7. The first kappa shape index (κ1) is 24.0. The van der Waals surface area contributed by atoms with Gasteiger partial charge in [-0.1, -0.05) is 20.8 Å². The Kier molecular flexibility index (Phi) is 6.81. The molecule has 2 aromatic rings. The third-order valence-electron chi connectivity index (χ3n) is 6.05. The minimum atomic E-state index is -4.49. The molecule has 1 amide bonds. The number of hydrogen-bond donors (Lipinski definition) is 0. The van der Waals surface area contributed by atoms with Crippen LogP contribution in [0.5, 0.6) is 0 Å². The number of carbonyl (C=O) groups is 1. The number of nitrogens with zero attached hydrogens (tertiary/aromatic N) is 6. The van der Waals surface area contributed by atoms with Crippen LogP contribution in [0.15, 0.2) is 18.3 Å². The van der Waals surface area contributed by atoms with Crippen LogP contribution in [0, 0.1) is 0 Å². The van der Waals surface area contributed by atoms with Gasteiger partial charge in [0.1, 0.15) is 23.4 Å². The second-order valence-electron chi connectivity index (χ2n) is 8.25. The van der Waals surface area contributed by atoms with Crippen molar-refractivity contribution < 1.29 is 22.7 Å². The van der Waals surface area contributed by atoms with Crippen LogP contribution in [0.2, 0.25) is 0 Å². The number of anilines is 2. The SMILES string of the molecule is CC.CCc1nc2c(c(N3CCC3)n1)CN(C(=O)OC1CN(c3ccnc(C(F)(F)F)c3)C1)C2. The van der Waals surface area contributed by atoms with E-state index in [9.17, 15) is 18.0 Å². The lowest BCUT2D eigenvalue weighted by Crippen LogP contribution is -2.54. The molecule has 3 aliphatic heterocycles. The Morgan fingerprint density at radius 2 is 1.88 bits per heavy atom. The molecule has 8 nitrogen and oxygen atoms in total. The molecular formula is C23H29F3N6O2. The van der Waals surface area contributed by atoms with Crippen molar-refractivity contribution in [3.8, 4) is 0 Å². The van der Waals surface area contributed by atoms with Gasteiger partial charge in [0.25, 0.3) is 0 Å². The average Bonchev–Trinajstić information content (AvgIpc) is 3.20. The van der Waals surface area contributed by atoms with Gasteiger partial charge in [-0.25, -0.2) is 14.8 Å². The van der Waals surface area contributed by atoms with Gasteiger partial charge in [-0.15, -0.1) is 0 Å². The van der Waals surface area contributed by atoms with Crippen molar-refractivity contribution >= 4 is 17.6 Å². The summed E-state index contributed by atoms with van der Waals surface area (Å²) >= 11 is 0. The maximum Gasteiger partial charge on any atom is 0.433 e. The van der Waals surface area contributed by atoms with Crippen LogP contribution < -0.4 is 9.80 Å². The molecule has 11 heteroatoms. The quantitative estimate of drug-likeness (QED) is 0.657. The van der Waals surface area contributed by atoms with Gasteiger partial charge in [-0.3, -0.25) is 9.88 Å². The maximum absolute atomic E-state index is 12.9. The Morgan fingerprint density at radius 1 is 1.15 bits per heavy atom. The first-order chi connectivity index (χ1) is 16.3. The molecule has 184 valence electrons. The highest BCUT2D eigenvalue weighted by atomic mass is 19.4. The van der Waals surface area contributed by atoms with Gasteiger partial charge >= 0.3 is 12.3 Å². The normalized spacial score (nSPS) is 17.4. The lowest BCUT2D eigenvalue weighted by molar-refractivity contribution is -0.141. The fourth-order valence-electron chi connectivity index (χ4n) is 4.08. The molecule has 0 N–H and O–H groups in total. The highest BCUT2D eigenvalue weighted by Crippen LogP contribution is 2.34. The number of fused-ring (bicyclic) bond motifs is 1. The van der Waals surface area contributed by atoms with Crippen LogP contribution in [0.1, 0.15) is 50.0 Å². The standard InChI is InChI=1S/C21H23F3N6O2.C2H6/c1-2-18-26-16-12-30(11-15(16)19(27-18)28-6-3-7-28)20(31)32-14-9-29(10-14)13-4-5-25-17(8-13)21(22,23)24;1-2/h4-5,8,14H,2-3,6-7,9-12H2,1H3;1-2H3. The van der Waals surface area contributed by atoms with E-state index in [1.807, 2.05) is 20.8 Å². The smallest absolute Gasteiger partial charge is 0.433 e. The molecule has 0 radical (unpaired) electrons. The summed E-state index contributed by atoms with van der Waals surface area (Å²) in [5.41, 5.74) is 1.32. The van der Waals surface area contributed by atoms with Gasteiger partial charge < -0.3 is 14.5 Å². The van der Waals surface area contributed by atoms with Crippen LogP contribution >= 0.6 is 0 Å². The van der Waals surface area contributed by atoms with Crippen LogP contribution in [0.4, 0.5) is 29.5 Å². The van der Waals surface area contributed by atoms with E-state index in [-0.39, 0.29) is 6.10 Å². The molecule has 2 aromatic heterocycles. The molecule has 0 spiro atoms. The highest BCUT2D eigenvalue weighted by molar-refractivity contribution is 5.70. The number of aryl methyl sites for hydroxylation is 1. The molecule has 0 saturated carbocycles. The summed E-state index contributed by atoms with van der Waals surface area (Å²) in [6, 6.07) is 2.53. The van der Waals surface area contributed by atoms with Gasteiger partial charge in [0.2, 0.25) is 0 Å². The second kappa shape index (κ2) is 9.63. The third kappa shape index (κ3) is 4.74. The highest BCUT2D eigenvalue weighted by Gasteiger charge is 2.37. The molecule has 2 saturated heterocycles. The number of hydrogen-bond acceptors (Lipinski definition) is 7. The van der Waals surface area contributed by atoms with Crippen LogP contribution in [-0.4, -0.2) is 58.2 Å². The molecule has 0 atom stereocenters. The van der Waals surface area contributed by atoms with Crippen molar-refractivity contribution in [2.75, 3.05) is 36.0 Å². The summed E-state index contributed by atoms with van der Waals surface area (Å²) in [6.07, 6.45) is -2.31. The molecule has 5 heterocycles. The monoisotopic (exact) mass is 478 g/mol. The molecule has 0 aromatic carbocycles. The number of pyridine rings is 1. The minimum Gasteiger partial charge on any atom is -0.442 e. The van der Waals surface area contributed by atoms with E-state index in [1.54, 1.807) is 9.80 Å². The molecule has 0 aliphatic carbocycles. The number of ether oxygens (including phenoxy) is 1. The van der Waals surface area contributed by atoms with Crippen molar-refractivity contribution in [1.82, 2.24) is 19.9 Å². The van der Waals surface area contributed by atoms with Crippen LogP contribution in [-0.2, 0) is 30.4 Å². The summed E-state index contributed by atoms with van der Waals surface area (Å²) in [5.74, 6) is 1.69. The largest absolute Gasteiger partial charge is 0.442 e. The molecular weight excluding hydrogens is 449 g/mol. The van der Waals surface area contributed by atoms with Crippen molar-refractivity contribution in [2.45, 2.75) is 59.0 Å². The van der Waals surface area contributed by atoms with E-state index >= 15 is 0 Å². The van der Waals surface area contributed by atoms with Crippen molar-refractivity contribution in [3.63, 3.8) is 0 Å². The number of halogens is 3. The zero-order valence-corrected chi connectivity index (χ0v) is 19.6. The zero-order valence-electron chi connectivity index (χ0n) is 19.6. The van der Waals surface area contributed by atoms with Crippen molar-refractivity contribution in [3.05, 3.63) is 41.1 Å². The van der Waals surface area contributed by atoms with Crippen molar-refractivity contribution in [2.24, 2.45) is 0 Å². The third-order valence-corrected chi connectivity index (χ3v) is 6.05. The molecule has 5 rings (SSSR count). The number of aromatic nitrogens is 3. The zero-order chi connectivity index (χ0) is 24.5. The Balaban J connectivity index is 0.00000133. The van der Waals surface area contributed by atoms with Crippen LogP contribution in [0.25, 0.3) is 0 Å². The Hall–Kier alpha value is -3.11. The fraction of sp³-hybridized carbons (Fsp3) is 0.565. The molecule has 3 aliphatic rings. The van der Waals surface area contributed by atoms with E-state index in [1.165, 1.54) is 6.07 Å². The fourth-order valence-corrected chi connectivity index (χ4v) is 4.08. The number of rotatable bonds is 4. The molecule has 2 fully saturated rings. The van der Waals surface area contributed by atoms with Crippen LogP contribution in [0.3, 0.4) is 0 Å². The summed E-state index contributed by atoms with van der Waals surface area (Å²) in [7, 11) is 0. The Bertz CT molecular complexity index is 1040. The van der Waals surface area contributed by atoms with E-state index < -0.39 is 18.0 Å². The summed E-state index contributed by atoms with van der Waals surface area (Å²) in [5, 5.41) is 0. The number of carbonyl (C=O) groups excluding carboxylic acids is 1. The van der Waals surface area contributed by atoms with E-state index in [2.05, 4.69) is 19.9 Å². The van der Waals surface area contributed by atoms with Gasteiger partial charge in [0.05, 0.1) is 31.9 Å². The van der Waals surface area contributed by atoms with Gasteiger partial charge in [0.15, 0.2) is 0 Å². The summed E-state index contributed by atoms with van der Waals surface area (Å²) in [4.78, 5) is 30.9. The van der Waals surface area contributed by atoms with E-state index in [0.717, 1.165) is 61.1 Å². The predicted molar refractivity (Wildman–Crippen MR) is 121 cm³/mol. The Labute approximate surface area is 196 Å².